The van der Waals surface area contributed by atoms with Gasteiger partial charge in [0, 0.05) is 0 Å². The summed E-state index contributed by atoms with van der Waals surface area (Å²) < 4.78 is 2.69. The molecule has 0 aliphatic heterocycles. The average molecular weight is 224 g/mol. The van der Waals surface area contributed by atoms with E-state index in [1.54, 1.807) is 0 Å². The SMILES string of the molecule is O=[N+]([O-])N(Cn1cncn1)Cn1cncn1. The van der Waals surface area contributed by atoms with E-state index in [-0.39, 0.29) is 13.3 Å². The maximum atomic E-state index is 10.8. The van der Waals surface area contributed by atoms with Gasteiger partial charge in [-0.15, -0.1) is 0 Å². The zero-order valence-electron chi connectivity index (χ0n) is 8.12. The minimum atomic E-state index is -0.524. The molecule has 0 bridgehead atoms. The van der Waals surface area contributed by atoms with Crippen molar-refractivity contribution in [1.82, 2.24) is 34.5 Å². The summed E-state index contributed by atoms with van der Waals surface area (Å²) in [6, 6.07) is 0. The summed E-state index contributed by atoms with van der Waals surface area (Å²) in [6.07, 6.45) is 5.43. The predicted molar refractivity (Wildman–Crippen MR) is 48.9 cm³/mol. The predicted octanol–water partition coefficient (Wildman–Crippen LogP) is -1.02. The molecular formula is C6H8N8O2. The van der Waals surface area contributed by atoms with Gasteiger partial charge >= 0.3 is 0 Å². The van der Waals surface area contributed by atoms with Gasteiger partial charge in [-0.25, -0.2) is 29.4 Å². The Morgan fingerprint density at radius 1 is 1.12 bits per heavy atom. The molecule has 0 unspecified atom stereocenters. The summed E-state index contributed by atoms with van der Waals surface area (Å²) in [7, 11) is 0. The fraction of sp³-hybridized carbons (Fsp3) is 0.333. The Hall–Kier alpha value is -2.52. The van der Waals surface area contributed by atoms with Gasteiger partial charge in [-0.1, -0.05) is 5.01 Å². The number of hydrogen-bond acceptors (Lipinski definition) is 6. The molecular weight excluding hydrogens is 216 g/mol. The lowest BCUT2D eigenvalue weighted by Crippen LogP contribution is -2.34. The quantitative estimate of drug-likeness (QED) is 0.472. The van der Waals surface area contributed by atoms with Crippen LogP contribution in [0.15, 0.2) is 25.3 Å². The van der Waals surface area contributed by atoms with Crippen molar-refractivity contribution in [2.75, 3.05) is 0 Å². The van der Waals surface area contributed by atoms with Crippen LogP contribution in [0.1, 0.15) is 0 Å². The van der Waals surface area contributed by atoms with Gasteiger partial charge in [-0.3, -0.25) is 0 Å². The second kappa shape index (κ2) is 4.33. The molecule has 10 nitrogen and oxygen atoms in total. The Balaban J connectivity index is 2.03. The van der Waals surface area contributed by atoms with E-state index in [0.29, 0.717) is 0 Å². The molecule has 0 saturated carbocycles. The first-order chi connectivity index (χ1) is 7.75. The molecule has 0 atom stereocenters. The van der Waals surface area contributed by atoms with Gasteiger partial charge < -0.3 is 0 Å². The zero-order chi connectivity index (χ0) is 11.4. The van der Waals surface area contributed by atoms with Crippen molar-refractivity contribution in [3.8, 4) is 0 Å². The normalized spacial score (nSPS) is 10.2. The van der Waals surface area contributed by atoms with Gasteiger partial charge in [0.2, 0.25) is 0 Å². The van der Waals surface area contributed by atoms with E-state index in [9.17, 15) is 10.1 Å². The highest BCUT2D eigenvalue weighted by atomic mass is 16.7. The molecule has 0 radical (unpaired) electrons. The van der Waals surface area contributed by atoms with Crippen LogP contribution in [-0.4, -0.2) is 39.6 Å². The van der Waals surface area contributed by atoms with Gasteiger partial charge in [-0.05, 0) is 0 Å². The summed E-state index contributed by atoms with van der Waals surface area (Å²) in [4.78, 5) is 18.2. The molecule has 16 heavy (non-hydrogen) atoms. The molecule has 0 fully saturated rings. The van der Waals surface area contributed by atoms with Crippen LogP contribution >= 0.6 is 0 Å². The number of nitrogens with zero attached hydrogens (tertiary/aromatic N) is 8. The Morgan fingerprint density at radius 3 is 1.94 bits per heavy atom. The van der Waals surface area contributed by atoms with Crippen molar-refractivity contribution in [2.24, 2.45) is 0 Å². The molecule has 0 aliphatic carbocycles. The van der Waals surface area contributed by atoms with E-state index in [0.717, 1.165) is 5.01 Å². The topological polar surface area (TPSA) is 108 Å². The lowest BCUT2D eigenvalue weighted by molar-refractivity contribution is -0.671. The lowest BCUT2D eigenvalue weighted by atomic mass is 10.9. The molecule has 0 N–H and O–H groups in total. The Bertz CT molecular complexity index is 401. The van der Waals surface area contributed by atoms with Crippen LogP contribution in [0, 0.1) is 10.1 Å². The van der Waals surface area contributed by atoms with E-state index in [1.807, 2.05) is 0 Å². The van der Waals surface area contributed by atoms with Crippen molar-refractivity contribution < 1.29 is 5.03 Å². The number of aromatic nitrogens is 6. The highest BCUT2D eigenvalue weighted by Gasteiger charge is 2.15. The minimum Gasteiger partial charge on any atom is -0.235 e. The molecule has 0 aliphatic rings. The van der Waals surface area contributed by atoms with Crippen LogP contribution in [0.5, 0.6) is 0 Å². The van der Waals surface area contributed by atoms with E-state index >= 15 is 0 Å². The van der Waals surface area contributed by atoms with Crippen molar-refractivity contribution in [3.63, 3.8) is 0 Å². The van der Waals surface area contributed by atoms with Gasteiger partial charge in [0.05, 0.1) is 0 Å². The first-order valence-corrected chi connectivity index (χ1v) is 4.30. The molecule has 0 saturated heterocycles. The monoisotopic (exact) mass is 224 g/mol. The van der Waals surface area contributed by atoms with E-state index in [4.69, 9.17) is 0 Å². The average Bonchev–Trinajstić information content (AvgIpc) is 2.88. The largest absolute Gasteiger partial charge is 0.235 e. The number of hydrogen-bond donors (Lipinski definition) is 0. The zero-order valence-corrected chi connectivity index (χ0v) is 8.12. The highest BCUT2D eigenvalue weighted by Crippen LogP contribution is 1.95. The molecule has 2 rings (SSSR count). The maximum absolute atomic E-state index is 10.8. The van der Waals surface area contributed by atoms with E-state index in [2.05, 4.69) is 20.2 Å². The maximum Gasteiger partial charge on any atom is 0.174 e. The second-order valence-electron chi connectivity index (χ2n) is 2.90. The first kappa shape index (κ1) is 10.0. The van der Waals surface area contributed by atoms with E-state index in [1.165, 1.54) is 34.7 Å². The van der Waals surface area contributed by atoms with Crippen molar-refractivity contribution in [2.45, 2.75) is 13.3 Å². The third-order valence-electron chi connectivity index (χ3n) is 1.78. The summed E-state index contributed by atoms with van der Waals surface area (Å²) in [5.74, 6) is 0. The molecule has 0 spiro atoms. The first-order valence-electron chi connectivity index (χ1n) is 4.30. The van der Waals surface area contributed by atoms with Crippen molar-refractivity contribution in [1.29, 1.82) is 0 Å². The molecule has 10 heteroatoms. The summed E-state index contributed by atoms with van der Waals surface area (Å²) >= 11 is 0. The van der Waals surface area contributed by atoms with Gasteiger partial charge in [-0.2, -0.15) is 10.2 Å². The van der Waals surface area contributed by atoms with Crippen LogP contribution in [0.2, 0.25) is 0 Å². The van der Waals surface area contributed by atoms with Crippen molar-refractivity contribution >= 4 is 0 Å². The van der Waals surface area contributed by atoms with Crippen LogP contribution < -0.4 is 0 Å². The summed E-state index contributed by atoms with van der Waals surface area (Å²) in [5.41, 5.74) is 0. The van der Waals surface area contributed by atoms with Crippen LogP contribution in [0.25, 0.3) is 0 Å². The molecule has 2 heterocycles. The fourth-order valence-electron chi connectivity index (χ4n) is 1.09. The van der Waals surface area contributed by atoms with Crippen molar-refractivity contribution in [3.05, 3.63) is 35.4 Å². The number of hydrazine groups is 1. The number of nitro groups is 1. The van der Waals surface area contributed by atoms with Crippen LogP contribution in [0.3, 0.4) is 0 Å². The Morgan fingerprint density at radius 2 is 1.62 bits per heavy atom. The minimum absolute atomic E-state index is 0.00708. The van der Waals surface area contributed by atoms with Gasteiger partial charge in [0.1, 0.15) is 25.3 Å². The lowest BCUT2D eigenvalue weighted by Gasteiger charge is -2.13. The molecule has 2 aromatic rings. The third kappa shape index (κ3) is 2.29. The Labute approximate surface area is 89.3 Å². The number of rotatable bonds is 5. The smallest absolute Gasteiger partial charge is 0.174 e. The van der Waals surface area contributed by atoms with Crippen LogP contribution in [-0.2, 0) is 13.3 Å². The van der Waals surface area contributed by atoms with E-state index < -0.39 is 5.03 Å². The van der Waals surface area contributed by atoms with Gasteiger partial charge in [0.15, 0.2) is 18.4 Å². The second-order valence-corrected chi connectivity index (χ2v) is 2.90. The Kier molecular flexibility index (Phi) is 2.71. The van der Waals surface area contributed by atoms with Gasteiger partial charge in [0.25, 0.3) is 0 Å². The molecule has 84 valence electrons. The summed E-state index contributed by atoms with van der Waals surface area (Å²) in [5, 5.41) is 18.7. The third-order valence-corrected chi connectivity index (χ3v) is 1.78. The highest BCUT2D eigenvalue weighted by molar-refractivity contribution is 4.56. The summed E-state index contributed by atoms with van der Waals surface area (Å²) in [6.45, 7) is -0.0142. The standard InChI is InChI=1S/C6H8N8O2/c15-14(16)13(5-11-3-7-1-9-11)6-12-4-8-2-10-12/h1-4H,5-6H2. The molecule has 0 amide bonds. The molecule has 2 aromatic heterocycles. The fourth-order valence-corrected chi connectivity index (χ4v) is 1.09. The molecule has 0 aromatic carbocycles. The van der Waals surface area contributed by atoms with Crippen LogP contribution in [0.4, 0.5) is 0 Å².